The van der Waals surface area contributed by atoms with Gasteiger partial charge in [0.05, 0.1) is 11.1 Å². The molecule has 2 atom stereocenters. The highest BCUT2D eigenvalue weighted by Gasteiger charge is 2.28. The lowest BCUT2D eigenvalue weighted by atomic mass is 10.2. The zero-order chi connectivity index (χ0) is 11.7. The van der Waals surface area contributed by atoms with Gasteiger partial charge in [0.1, 0.15) is 17.2 Å². The monoisotopic (exact) mass is 259 g/mol. The SMILES string of the molecule is CC(Cl)c1ncnc(NC(C)C2CC2)c1Cl. The van der Waals surface area contributed by atoms with E-state index in [0.29, 0.717) is 22.6 Å². The van der Waals surface area contributed by atoms with Gasteiger partial charge >= 0.3 is 0 Å². The first kappa shape index (κ1) is 11.9. The number of halogens is 2. The Morgan fingerprint density at radius 1 is 1.38 bits per heavy atom. The van der Waals surface area contributed by atoms with Crippen molar-refractivity contribution in [1.29, 1.82) is 0 Å². The van der Waals surface area contributed by atoms with Crippen molar-refractivity contribution in [2.45, 2.75) is 38.1 Å². The van der Waals surface area contributed by atoms with Crippen molar-refractivity contribution in [2.24, 2.45) is 5.92 Å². The van der Waals surface area contributed by atoms with Crippen molar-refractivity contribution in [3.05, 3.63) is 17.0 Å². The molecule has 0 bridgehead atoms. The molecule has 0 aliphatic heterocycles. The Balaban J connectivity index is 2.16. The van der Waals surface area contributed by atoms with Crippen LogP contribution < -0.4 is 5.32 Å². The molecule has 0 radical (unpaired) electrons. The number of hydrogen-bond acceptors (Lipinski definition) is 3. The van der Waals surface area contributed by atoms with Crippen molar-refractivity contribution < 1.29 is 0 Å². The standard InChI is InChI=1S/C11H15Cl2N3/c1-6(12)10-9(13)11(15-5-14-10)16-7(2)8-3-4-8/h5-8H,3-4H2,1-2H3,(H,14,15,16). The van der Waals surface area contributed by atoms with Crippen LogP contribution in [-0.2, 0) is 0 Å². The van der Waals surface area contributed by atoms with Crippen LogP contribution in [0.2, 0.25) is 5.02 Å². The molecule has 1 aromatic rings. The molecule has 1 fully saturated rings. The number of rotatable bonds is 4. The maximum Gasteiger partial charge on any atom is 0.148 e. The van der Waals surface area contributed by atoms with Gasteiger partial charge in [-0.3, -0.25) is 0 Å². The maximum atomic E-state index is 6.20. The molecular weight excluding hydrogens is 245 g/mol. The lowest BCUT2D eigenvalue weighted by Gasteiger charge is -2.16. The molecule has 88 valence electrons. The van der Waals surface area contributed by atoms with E-state index in [2.05, 4.69) is 22.2 Å². The molecule has 1 heterocycles. The van der Waals surface area contributed by atoms with E-state index in [4.69, 9.17) is 23.2 Å². The minimum atomic E-state index is -0.202. The lowest BCUT2D eigenvalue weighted by Crippen LogP contribution is -2.19. The molecule has 1 N–H and O–H groups in total. The van der Waals surface area contributed by atoms with Crippen LogP contribution in [0, 0.1) is 5.92 Å². The Kier molecular flexibility index (Phi) is 3.55. The minimum Gasteiger partial charge on any atom is -0.366 e. The first-order valence-electron chi connectivity index (χ1n) is 5.50. The Labute approximate surface area is 106 Å². The van der Waals surface area contributed by atoms with E-state index in [-0.39, 0.29) is 5.38 Å². The predicted molar refractivity (Wildman–Crippen MR) is 67.1 cm³/mol. The summed E-state index contributed by atoms with van der Waals surface area (Å²) < 4.78 is 0. The number of alkyl halides is 1. The number of aromatic nitrogens is 2. The summed E-state index contributed by atoms with van der Waals surface area (Å²) in [4.78, 5) is 8.25. The first-order valence-corrected chi connectivity index (χ1v) is 6.32. The van der Waals surface area contributed by atoms with Gasteiger partial charge in [0.25, 0.3) is 0 Å². The third kappa shape index (κ3) is 2.58. The molecule has 0 aromatic carbocycles. The Bertz CT molecular complexity index is 377. The zero-order valence-electron chi connectivity index (χ0n) is 9.37. The van der Waals surface area contributed by atoms with Crippen LogP contribution >= 0.6 is 23.2 Å². The molecule has 1 aliphatic carbocycles. The highest BCUT2D eigenvalue weighted by Crippen LogP contribution is 2.36. The Morgan fingerprint density at radius 2 is 2.06 bits per heavy atom. The van der Waals surface area contributed by atoms with E-state index >= 15 is 0 Å². The summed E-state index contributed by atoms with van der Waals surface area (Å²) in [5.41, 5.74) is 0.684. The number of nitrogens with one attached hydrogen (secondary N) is 1. The highest BCUT2D eigenvalue weighted by atomic mass is 35.5. The van der Waals surface area contributed by atoms with E-state index in [1.165, 1.54) is 19.2 Å². The molecule has 1 aliphatic rings. The number of hydrogen-bond donors (Lipinski definition) is 1. The lowest BCUT2D eigenvalue weighted by molar-refractivity contribution is 0.689. The van der Waals surface area contributed by atoms with Gasteiger partial charge in [-0.2, -0.15) is 0 Å². The molecule has 1 aromatic heterocycles. The zero-order valence-corrected chi connectivity index (χ0v) is 10.9. The van der Waals surface area contributed by atoms with Gasteiger partial charge in [0, 0.05) is 6.04 Å². The largest absolute Gasteiger partial charge is 0.366 e. The smallest absolute Gasteiger partial charge is 0.148 e. The minimum absolute atomic E-state index is 0.202. The molecule has 3 nitrogen and oxygen atoms in total. The average Bonchev–Trinajstić information content (AvgIpc) is 3.03. The van der Waals surface area contributed by atoms with Crippen molar-refractivity contribution in [3.8, 4) is 0 Å². The van der Waals surface area contributed by atoms with Crippen LogP contribution in [0.15, 0.2) is 6.33 Å². The maximum absolute atomic E-state index is 6.20. The van der Waals surface area contributed by atoms with Crippen LogP contribution in [0.5, 0.6) is 0 Å². The van der Waals surface area contributed by atoms with Gasteiger partial charge in [0.15, 0.2) is 0 Å². The average molecular weight is 260 g/mol. The quantitative estimate of drug-likeness (QED) is 0.840. The molecule has 2 unspecified atom stereocenters. The van der Waals surface area contributed by atoms with E-state index in [1.54, 1.807) is 0 Å². The van der Waals surface area contributed by atoms with E-state index < -0.39 is 0 Å². The summed E-state index contributed by atoms with van der Waals surface area (Å²) >= 11 is 12.2. The number of nitrogens with zero attached hydrogens (tertiary/aromatic N) is 2. The predicted octanol–water partition coefficient (Wildman–Crippen LogP) is 3.64. The molecule has 0 saturated heterocycles. The van der Waals surface area contributed by atoms with Gasteiger partial charge < -0.3 is 5.32 Å². The topological polar surface area (TPSA) is 37.8 Å². The van der Waals surface area contributed by atoms with E-state index in [1.807, 2.05) is 6.92 Å². The van der Waals surface area contributed by atoms with Gasteiger partial charge in [-0.05, 0) is 32.6 Å². The Hall–Kier alpha value is -0.540. The fourth-order valence-corrected chi connectivity index (χ4v) is 2.23. The van der Waals surface area contributed by atoms with Gasteiger partial charge in [-0.25, -0.2) is 9.97 Å². The molecule has 16 heavy (non-hydrogen) atoms. The summed E-state index contributed by atoms with van der Waals surface area (Å²) in [6, 6.07) is 0.408. The van der Waals surface area contributed by atoms with Crippen LogP contribution in [0.1, 0.15) is 37.8 Å². The van der Waals surface area contributed by atoms with Gasteiger partial charge in [0.2, 0.25) is 0 Å². The Morgan fingerprint density at radius 3 is 2.62 bits per heavy atom. The molecule has 0 amide bonds. The molecular formula is C11H15Cl2N3. The summed E-state index contributed by atoms with van der Waals surface area (Å²) in [5, 5.41) is 3.66. The highest BCUT2D eigenvalue weighted by molar-refractivity contribution is 6.34. The third-order valence-electron chi connectivity index (χ3n) is 2.89. The summed E-state index contributed by atoms with van der Waals surface area (Å²) in [6.45, 7) is 4.00. The second-order valence-electron chi connectivity index (χ2n) is 4.31. The second kappa shape index (κ2) is 4.76. The summed E-state index contributed by atoms with van der Waals surface area (Å²) in [7, 11) is 0. The van der Waals surface area contributed by atoms with Gasteiger partial charge in [-0.1, -0.05) is 11.6 Å². The van der Waals surface area contributed by atoms with Crippen LogP contribution in [0.25, 0.3) is 0 Å². The van der Waals surface area contributed by atoms with Crippen LogP contribution in [0.4, 0.5) is 5.82 Å². The third-order valence-corrected chi connectivity index (χ3v) is 3.47. The van der Waals surface area contributed by atoms with Crippen LogP contribution in [-0.4, -0.2) is 16.0 Å². The second-order valence-corrected chi connectivity index (χ2v) is 5.34. The van der Waals surface area contributed by atoms with E-state index in [9.17, 15) is 0 Å². The first-order chi connectivity index (χ1) is 7.59. The van der Waals surface area contributed by atoms with E-state index in [0.717, 1.165) is 5.92 Å². The van der Waals surface area contributed by atoms with Crippen molar-refractivity contribution in [1.82, 2.24) is 9.97 Å². The van der Waals surface area contributed by atoms with Crippen molar-refractivity contribution in [2.75, 3.05) is 5.32 Å². The fourth-order valence-electron chi connectivity index (χ4n) is 1.69. The van der Waals surface area contributed by atoms with Crippen molar-refractivity contribution in [3.63, 3.8) is 0 Å². The number of anilines is 1. The molecule has 2 rings (SSSR count). The fraction of sp³-hybridized carbons (Fsp3) is 0.636. The summed E-state index contributed by atoms with van der Waals surface area (Å²) in [5.74, 6) is 1.45. The van der Waals surface area contributed by atoms with Gasteiger partial charge in [-0.15, -0.1) is 11.6 Å². The molecule has 0 spiro atoms. The molecule has 5 heteroatoms. The molecule has 1 saturated carbocycles. The normalized spacial score (nSPS) is 19.2. The van der Waals surface area contributed by atoms with Crippen LogP contribution in [0.3, 0.4) is 0 Å². The summed E-state index contributed by atoms with van der Waals surface area (Å²) in [6.07, 6.45) is 4.08. The van der Waals surface area contributed by atoms with Crippen molar-refractivity contribution >= 4 is 29.0 Å².